The van der Waals surface area contributed by atoms with Crippen molar-refractivity contribution >= 4 is 10.0 Å². The summed E-state index contributed by atoms with van der Waals surface area (Å²) in [5.74, 6) is 0.815. The molecule has 1 fully saturated rings. The third-order valence-electron chi connectivity index (χ3n) is 2.62. The van der Waals surface area contributed by atoms with Crippen LogP contribution in [0.2, 0.25) is 0 Å². The zero-order valence-corrected chi connectivity index (χ0v) is 9.73. The van der Waals surface area contributed by atoms with Crippen molar-refractivity contribution in [3.63, 3.8) is 0 Å². The normalized spacial score (nSPS) is 26.4. The van der Waals surface area contributed by atoms with Gasteiger partial charge >= 0.3 is 0 Å². The van der Waals surface area contributed by atoms with Gasteiger partial charge in [0.25, 0.3) is 0 Å². The summed E-state index contributed by atoms with van der Waals surface area (Å²) in [6.45, 7) is 2.85. The lowest BCUT2D eigenvalue weighted by Gasteiger charge is -2.05. The smallest absolute Gasteiger partial charge is 0.211 e. The van der Waals surface area contributed by atoms with Gasteiger partial charge in [-0.05, 0) is 32.4 Å². The van der Waals surface area contributed by atoms with E-state index in [2.05, 4.69) is 17.0 Å². The van der Waals surface area contributed by atoms with Gasteiger partial charge < -0.3 is 5.32 Å². The van der Waals surface area contributed by atoms with E-state index in [0.717, 1.165) is 19.4 Å². The molecule has 2 unspecified atom stereocenters. The minimum Gasteiger partial charge on any atom is -0.320 e. The molecular formula is C9H20N2O2S. The molecule has 0 aromatic carbocycles. The molecule has 0 amide bonds. The maximum Gasteiger partial charge on any atom is 0.211 e. The van der Waals surface area contributed by atoms with Crippen molar-refractivity contribution in [3.8, 4) is 0 Å². The van der Waals surface area contributed by atoms with Crippen LogP contribution in [0.5, 0.6) is 0 Å². The number of hydrogen-bond acceptors (Lipinski definition) is 3. The van der Waals surface area contributed by atoms with E-state index in [9.17, 15) is 8.42 Å². The van der Waals surface area contributed by atoms with Crippen LogP contribution < -0.4 is 10.0 Å². The van der Waals surface area contributed by atoms with Gasteiger partial charge in [-0.3, -0.25) is 0 Å². The van der Waals surface area contributed by atoms with Crippen molar-refractivity contribution in [1.82, 2.24) is 10.0 Å². The molecule has 14 heavy (non-hydrogen) atoms. The molecule has 0 spiro atoms. The summed E-state index contributed by atoms with van der Waals surface area (Å²) < 4.78 is 25.7. The predicted octanol–water partition coefficient (Wildman–Crippen LogP) is 0.314. The zero-order chi connectivity index (χ0) is 10.6. The average molecular weight is 220 g/mol. The molecule has 1 aliphatic carbocycles. The first-order valence-electron chi connectivity index (χ1n) is 5.23. The van der Waals surface area contributed by atoms with Crippen molar-refractivity contribution in [2.24, 2.45) is 5.92 Å². The van der Waals surface area contributed by atoms with Crippen LogP contribution >= 0.6 is 0 Å². The molecule has 0 aliphatic heterocycles. The number of sulfonamides is 1. The Hall–Kier alpha value is -0.130. The maximum atomic E-state index is 11.5. The second-order valence-electron chi connectivity index (χ2n) is 3.90. The lowest BCUT2D eigenvalue weighted by molar-refractivity contribution is 0.572. The Balaban J connectivity index is 2.22. The molecule has 1 saturated carbocycles. The second kappa shape index (κ2) is 5.09. The van der Waals surface area contributed by atoms with Crippen molar-refractivity contribution in [2.45, 2.75) is 32.2 Å². The number of hydrogen-bond donors (Lipinski definition) is 2. The molecule has 0 radical (unpaired) electrons. The summed E-state index contributed by atoms with van der Waals surface area (Å²) in [7, 11) is -1.20. The SMILES string of the molecule is CCC1CC1NS(=O)(=O)CCCNC. The van der Waals surface area contributed by atoms with E-state index < -0.39 is 10.0 Å². The minimum absolute atomic E-state index is 0.222. The van der Waals surface area contributed by atoms with E-state index >= 15 is 0 Å². The van der Waals surface area contributed by atoms with Crippen molar-refractivity contribution in [2.75, 3.05) is 19.3 Å². The van der Waals surface area contributed by atoms with Crippen molar-refractivity contribution < 1.29 is 8.42 Å². The molecule has 1 rings (SSSR count). The van der Waals surface area contributed by atoms with Gasteiger partial charge in [0.15, 0.2) is 0 Å². The summed E-state index contributed by atoms with van der Waals surface area (Å²) >= 11 is 0. The summed E-state index contributed by atoms with van der Waals surface area (Å²) in [5.41, 5.74) is 0. The van der Waals surface area contributed by atoms with E-state index in [1.807, 2.05) is 7.05 Å². The highest BCUT2D eigenvalue weighted by molar-refractivity contribution is 7.89. The molecule has 4 nitrogen and oxygen atoms in total. The van der Waals surface area contributed by atoms with Gasteiger partial charge in [0, 0.05) is 6.04 Å². The Morgan fingerprint density at radius 3 is 2.64 bits per heavy atom. The fourth-order valence-corrected chi connectivity index (χ4v) is 2.96. The van der Waals surface area contributed by atoms with Crippen molar-refractivity contribution in [1.29, 1.82) is 0 Å². The van der Waals surface area contributed by atoms with E-state index in [1.165, 1.54) is 0 Å². The van der Waals surface area contributed by atoms with Gasteiger partial charge in [0.05, 0.1) is 5.75 Å². The maximum absolute atomic E-state index is 11.5. The molecule has 0 heterocycles. The Kier molecular flexibility index (Phi) is 4.34. The van der Waals surface area contributed by atoms with Crippen LogP contribution in [-0.2, 0) is 10.0 Å². The van der Waals surface area contributed by atoms with Crippen LogP contribution in [0.15, 0.2) is 0 Å². The molecular weight excluding hydrogens is 200 g/mol. The number of nitrogens with one attached hydrogen (secondary N) is 2. The molecule has 2 atom stereocenters. The first-order valence-corrected chi connectivity index (χ1v) is 6.89. The van der Waals surface area contributed by atoms with Crippen LogP contribution in [0.4, 0.5) is 0 Å². The largest absolute Gasteiger partial charge is 0.320 e. The van der Waals surface area contributed by atoms with Gasteiger partial charge in [-0.25, -0.2) is 13.1 Å². The van der Waals surface area contributed by atoms with Crippen LogP contribution in [0.1, 0.15) is 26.2 Å². The lowest BCUT2D eigenvalue weighted by atomic mass is 10.3. The molecule has 5 heteroatoms. The van der Waals surface area contributed by atoms with E-state index in [4.69, 9.17) is 0 Å². The fraction of sp³-hybridized carbons (Fsp3) is 1.00. The lowest BCUT2D eigenvalue weighted by Crippen LogP contribution is -2.30. The zero-order valence-electron chi connectivity index (χ0n) is 8.91. The molecule has 0 bridgehead atoms. The van der Waals surface area contributed by atoms with Crippen LogP contribution in [0.3, 0.4) is 0 Å². The predicted molar refractivity (Wildman–Crippen MR) is 57.7 cm³/mol. The first-order chi connectivity index (χ1) is 6.59. The molecule has 84 valence electrons. The summed E-state index contributed by atoms with van der Waals surface area (Å²) in [6.07, 6.45) is 2.76. The standard InChI is InChI=1S/C9H20N2O2S/c1-3-8-7-9(8)11-14(12,13)6-4-5-10-2/h8-11H,3-7H2,1-2H3. The first kappa shape index (κ1) is 11.9. The third-order valence-corrected chi connectivity index (χ3v) is 4.11. The Bertz CT molecular complexity index is 264. The van der Waals surface area contributed by atoms with Crippen LogP contribution in [0.25, 0.3) is 0 Å². The van der Waals surface area contributed by atoms with Gasteiger partial charge in [-0.15, -0.1) is 0 Å². The van der Waals surface area contributed by atoms with Crippen molar-refractivity contribution in [3.05, 3.63) is 0 Å². The van der Waals surface area contributed by atoms with E-state index in [-0.39, 0.29) is 11.8 Å². The monoisotopic (exact) mass is 220 g/mol. The highest BCUT2D eigenvalue weighted by Gasteiger charge is 2.37. The minimum atomic E-state index is -3.02. The molecule has 2 N–H and O–H groups in total. The Morgan fingerprint density at radius 1 is 1.43 bits per heavy atom. The van der Waals surface area contributed by atoms with E-state index in [0.29, 0.717) is 12.3 Å². The highest BCUT2D eigenvalue weighted by atomic mass is 32.2. The number of rotatable bonds is 7. The van der Waals surface area contributed by atoms with Gasteiger partial charge in [0.2, 0.25) is 10.0 Å². The Morgan fingerprint density at radius 2 is 2.14 bits per heavy atom. The average Bonchev–Trinajstić information content (AvgIpc) is 2.82. The van der Waals surface area contributed by atoms with Gasteiger partial charge in [0.1, 0.15) is 0 Å². The summed E-state index contributed by atoms with van der Waals surface area (Å²) in [5, 5.41) is 2.94. The third kappa shape index (κ3) is 3.94. The highest BCUT2D eigenvalue weighted by Crippen LogP contribution is 2.33. The second-order valence-corrected chi connectivity index (χ2v) is 5.78. The molecule has 0 saturated heterocycles. The molecule has 0 aromatic heterocycles. The summed E-state index contributed by atoms with van der Waals surface area (Å²) in [4.78, 5) is 0. The van der Waals surface area contributed by atoms with Gasteiger partial charge in [-0.1, -0.05) is 13.3 Å². The summed E-state index contributed by atoms with van der Waals surface area (Å²) in [6, 6.07) is 0.222. The fourth-order valence-electron chi connectivity index (χ4n) is 1.57. The van der Waals surface area contributed by atoms with Crippen LogP contribution in [-0.4, -0.2) is 33.8 Å². The van der Waals surface area contributed by atoms with E-state index in [1.54, 1.807) is 0 Å². The topological polar surface area (TPSA) is 58.2 Å². The molecule has 1 aliphatic rings. The van der Waals surface area contributed by atoms with Gasteiger partial charge in [-0.2, -0.15) is 0 Å². The van der Waals surface area contributed by atoms with Crippen LogP contribution in [0, 0.1) is 5.92 Å². The molecule has 0 aromatic rings. The quantitative estimate of drug-likeness (QED) is 0.607. The Labute approximate surface area is 86.5 Å².